The molecule has 1 N–H and O–H groups in total. The largest absolute Gasteiger partial charge is 0.492 e. The molecule has 0 aromatic heterocycles. The fraction of sp³-hybridized carbons (Fsp3) is 0.438. The fourth-order valence-electron chi connectivity index (χ4n) is 1.68. The van der Waals surface area contributed by atoms with Crippen LogP contribution in [-0.4, -0.2) is 30.8 Å². The highest BCUT2D eigenvalue weighted by atomic mass is 35.5. The zero-order valence-corrected chi connectivity index (χ0v) is 15.1. The maximum atomic E-state index is 11.6. The van der Waals surface area contributed by atoms with Crippen molar-refractivity contribution in [1.29, 1.82) is 0 Å². The summed E-state index contributed by atoms with van der Waals surface area (Å²) >= 11 is 11.8. The van der Waals surface area contributed by atoms with Gasteiger partial charge in [0, 0.05) is 17.2 Å². The predicted octanol–water partition coefficient (Wildman–Crippen LogP) is 3.60. The Labute approximate surface area is 151 Å². The molecule has 6 nitrogen and oxygen atoms in total. The first-order valence-electron chi connectivity index (χ1n) is 7.47. The third kappa shape index (κ3) is 8.17. The van der Waals surface area contributed by atoms with Gasteiger partial charge in [-0.2, -0.15) is 5.10 Å². The zero-order chi connectivity index (χ0) is 17.9. The molecule has 1 aromatic carbocycles. The highest BCUT2D eigenvalue weighted by molar-refractivity contribution is 6.35. The number of nitrogens with zero attached hydrogens (tertiary/aromatic N) is 1. The number of rotatable bonds is 9. The highest BCUT2D eigenvalue weighted by Gasteiger charge is 2.06. The maximum absolute atomic E-state index is 11.6. The van der Waals surface area contributed by atoms with E-state index in [-0.39, 0.29) is 24.7 Å². The minimum atomic E-state index is -0.374. The van der Waals surface area contributed by atoms with Gasteiger partial charge in [-0.15, -0.1) is 0 Å². The Balaban J connectivity index is 2.25. The Bertz CT molecular complexity index is 606. The Morgan fingerprint density at radius 3 is 2.71 bits per heavy atom. The number of hydrogen-bond acceptors (Lipinski definition) is 5. The lowest BCUT2D eigenvalue weighted by molar-refractivity contribution is -0.141. The summed E-state index contributed by atoms with van der Waals surface area (Å²) in [4.78, 5) is 22.9. The minimum absolute atomic E-state index is 0.0479. The predicted molar refractivity (Wildman–Crippen MR) is 93.7 cm³/mol. The van der Waals surface area contributed by atoms with Gasteiger partial charge in [0.2, 0.25) is 5.91 Å². The summed E-state index contributed by atoms with van der Waals surface area (Å²) < 4.78 is 10.3. The molecule has 0 aliphatic carbocycles. The Hall–Kier alpha value is -1.79. The number of carbonyl (C=O) groups excluding carboxylic acids is 2. The lowest BCUT2D eigenvalue weighted by Crippen LogP contribution is -2.20. The summed E-state index contributed by atoms with van der Waals surface area (Å²) in [5.41, 5.74) is 2.87. The van der Waals surface area contributed by atoms with Crippen LogP contribution in [0.15, 0.2) is 23.3 Å². The van der Waals surface area contributed by atoms with Gasteiger partial charge in [0.25, 0.3) is 0 Å². The highest BCUT2D eigenvalue weighted by Crippen LogP contribution is 2.27. The first-order chi connectivity index (χ1) is 11.4. The van der Waals surface area contributed by atoms with Crippen LogP contribution in [0.25, 0.3) is 0 Å². The number of halogens is 2. The second kappa shape index (κ2) is 10.9. The molecule has 0 fully saturated rings. The second-order valence-electron chi connectivity index (χ2n) is 4.89. The Morgan fingerprint density at radius 1 is 1.29 bits per heavy atom. The molecule has 0 saturated heterocycles. The molecule has 0 aliphatic rings. The van der Waals surface area contributed by atoms with E-state index < -0.39 is 0 Å². The lowest BCUT2D eigenvalue weighted by Gasteiger charge is -2.08. The van der Waals surface area contributed by atoms with Crippen LogP contribution in [0, 0.1) is 0 Å². The van der Waals surface area contributed by atoms with Crippen molar-refractivity contribution >= 4 is 40.8 Å². The Kier molecular flexibility index (Phi) is 9.19. The van der Waals surface area contributed by atoms with E-state index in [1.807, 2.05) is 0 Å². The quantitative estimate of drug-likeness (QED) is 0.310. The van der Waals surface area contributed by atoms with E-state index in [0.717, 1.165) is 0 Å². The van der Waals surface area contributed by atoms with Gasteiger partial charge in [-0.1, -0.05) is 23.2 Å². The maximum Gasteiger partial charge on any atom is 0.311 e. The fourth-order valence-corrected chi connectivity index (χ4v) is 2.14. The van der Waals surface area contributed by atoms with Crippen molar-refractivity contribution in [3.63, 3.8) is 0 Å². The van der Waals surface area contributed by atoms with E-state index in [9.17, 15) is 9.59 Å². The van der Waals surface area contributed by atoms with Crippen molar-refractivity contribution in [2.24, 2.45) is 5.10 Å². The monoisotopic (exact) mass is 374 g/mol. The first-order valence-corrected chi connectivity index (χ1v) is 8.23. The van der Waals surface area contributed by atoms with E-state index in [4.69, 9.17) is 32.7 Å². The van der Waals surface area contributed by atoms with Crippen molar-refractivity contribution in [3.8, 4) is 5.75 Å². The summed E-state index contributed by atoms with van der Waals surface area (Å²) in [6.45, 7) is 4.02. The molecule has 0 bridgehead atoms. The molecule has 0 saturated carbocycles. The van der Waals surface area contributed by atoms with Crippen LogP contribution >= 0.6 is 23.2 Å². The summed E-state index contributed by atoms with van der Waals surface area (Å²) in [5.74, 6) is -0.116. The topological polar surface area (TPSA) is 77.0 Å². The molecule has 0 unspecified atom stereocenters. The van der Waals surface area contributed by atoms with Crippen molar-refractivity contribution in [3.05, 3.63) is 28.2 Å². The number of carbonyl (C=O) groups is 2. The van der Waals surface area contributed by atoms with Crippen LogP contribution in [-0.2, 0) is 14.3 Å². The van der Waals surface area contributed by atoms with Crippen molar-refractivity contribution in [1.82, 2.24) is 5.43 Å². The van der Waals surface area contributed by atoms with Gasteiger partial charge in [-0.25, -0.2) is 5.43 Å². The number of ether oxygens (including phenoxy) is 2. The summed E-state index contributed by atoms with van der Waals surface area (Å²) in [6, 6.07) is 4.94. The van der Waals surface area contributed by atoms with Crippen LogP contribution in [0.2, 0.25) is 10.0 Å². The molecule has 24 heavy (non-hydrogen) atoms. The molecule has 0 atom stereocenters. The van der Waals surface area contributed by atoms with Gasteiger partial charge >= 0.3 is 5.97 Å². The van der Waals surface area contributed by atoms with Crippen LogP contribution in [0.5, 0.6) is 5.75 Å². The van der Waals surface area contributed by atoms with Crippen molar-refractivity contribution in [2.45, 2.75) is 33.1 Å². The summed E-state index contributed by atoms with van der Waals surface area (Å²) in [5, 5.41) is 4.80. The number of hydrogen-bond donors (Lipinski definition) is 1. The number of nitrogens with one attached hydrogen (secondary N) is 1. The molecule has 1 amide bonds. The van der Waals surface area contributed by atoms with Gasteiger partial charge in [0.05, 0.1) is 24.7 Å². The van der Waals surface area contributed by atoms with E-state index in [0.29, 0.717) is 41.1 Å². The summed E-state index contributed by atoms with van der Waals surface area (Å²) in [6.07, 6.45) is 0.783. The third-order valence-corrected chi connectivity index (χ3v) is 3.31. The molecular formula is C16H20Cl2N2O4. The zero-order valence-electron chi connectivity index (χ0n) is 13.6. The average Bonchev–Trinajstić information content (AvgIpc) is 2.51. The standard InChI is InChI=1S/C16H20Cl2N2O4/c1-3-23-16(22)9-11(2)19-20-15(21)5-4-8-24-14-7-6-12(17)10-13(14)18/h6-7,10H,3-5,8-9H2,1-2H3,(H,20,21)/b19-11-. The van der Waals surface area contributed by atoms with Gasteiger partial charge in [0.1, 0.15) is 5.75 Å². The van der Waals surface area contributed by atoms with Gasteiger partial charge < -0.3 is 9.47 Å². The smallest absolute Gasteiger partial charge is 0.311 e. The molecule has 0 spiro atoms. The SMILES string of the molecule is CCOC(=O)C/C(C)=N\NC(=O)CCCOc1ccc(Cl)cc1Cl. The number of hydrazone groups is 1. The molecule has 132 valence electrons. The normalized spacial score (nSPS) is 11.1. The van der Waals surface area contributed by atoms with Crippen LogP contribution in [0.1, 0.15) is 33.1 Å². The lowest BCUT2D eigenvalue weighted by atomic mass is 10.3. The van der Waals surface area contributed by atoms with Crippen molar-refractivity contribution < 1.29 is 19.1 Å². The van der Waals surface area contributed by atoms with Crippen LogP contribution in [0.4, 0.5) is 0 Å². The molecule has 0 aliphatic heterocycles. The van der Waals surface area contributed by atoms with E-state index >= 15 is 0 Å². The van der Waals surface area contributed by atoms with Crippen molar-refractivity contribution in [2.75, 3.05) is 13.2 Å². The molecule has 1 rings (SSSR count). The molecule has 0 heterocycles. The molecular weight excluding hydrogens is 355 g/mol. The molecule has 8 heteroatoms. The Morgan fingerprint density at radius 2 is 2.04 bits per heavy atom. The van der Waals surface area contributed by atoms with E-state index in [1.165, 1.54) is 0 Å². The second-order valence-corrected chi connectivity index (χ2v) is 5.73. The van der Waals surface area contributed by atoms with Gasteiger partial charge in [-0.05, 0) is 38.5 Å². The number of benzene rings is 1. The third-order valence-electron chi connectivity index (χ3n) is 2.78. The van der Waals surface area contributed by atoms with Crippen LogP contribution in [0.3, 0.4) is 0 Å². The molecule has 0 radical (unpaired) electrons. The van der Waals surface area contributed by atoms with Gasteiger partial charge in [-0.3, -0.25) is 9.59 Å². The minimum Gasteiger partial charge on any atom is -0.492 e. The van der Waals surface area contributed by atoms with E-state index in [1.54, 1.807) is 32.0 Å². The summed E-state index contributed by atoms with van der Waals surface area (Å²) in [7, 11) is 0. The van der Waals surface area contributed by atoms with Gasteiger partial charge in [0.15, 0.2) is 0 Å². The molecule has 1 aromatic rings. The van der Waals surface area contributed by atoms with Crippen LogP contribution < -0.4 is 10.2 Å². The number of amides is 1. The average molecular weight is 375 g/mol. The van der Waals surface area contributed by atoms with E-state index in [2.05, 4.69) is 10.5 Å². The first kappa shape index (κ1) is 20.3. The number of esters is 1.